The first kappa shape index (κ1) is 18.0. The summed E-state index contributed by atoms with van der Waals surface area (Å²) in [6.07, 6.45) is 5.11. The van der Waals surface area contributed by atoms with Gasteiger partial charge in [0.1, 0.15) is 5.60 Å². The molecule has 7 heteroatoms. The lowest BCUT2D eigenvalue weighted by Crippen LogP contribution is -2.41. The zero-order valence-electron chi connectivity index (χ0n) is 13.4. The van der Waals surface area contributed by atoms with Gasteiger partial charge in [-0.3, -0.25) is 9.59 Å². The van der Waals surface area contributed by atoms with E-state index in [1.54, 1.807) is 20.8 Å². The molecule has 22 heavy (non-hydrogen) atoms. The highest BCUT2D eigenvalue weighted by molar-refractivity contribution is 5.87. The van der Waals surface area contributed by atoms with Gasteiger partial charge >= 0.3 is 6.09 Å². The molecule has 1 aliphatic carbocycles. The second kappa shape index (κ2) is 8.41. The summed E-state index contributed by atoms with van der Waals surface area (Å²) in [5.41, 5.74) is -0.598. The number of rotatable bonds is 7. The van der Waals surface area contributed by atoms with Crippen LogP contribution in [0.25, 0.3) is 0 Å². The van der Waals surface area contributed by atoms with Crippen molar-refractivity contribution in [1.82, 2.24) is 16.0 Å². The third-order valence-corrected chi connectivity index (χ3v) is 2.68. The average molecular weight is 311 g/mol. The van der Waals surface area contributed by atoms with Gasteiger partial charge in [-0.1, -0.05) is 6.08 Å². The Labute approximate surface area is 130 Å². The Balaban J connectivity index is 2.03. The molecule has 0 atom stereocenters. The highest BCUT2D eigenvalue weighted by Gasteiger charge is 2.17. The minimum Gasteiger partial charge on any atom is -0.444 e. The number of nitrogens with one attached hydrogen (secondary N) is 3. The van der Waals surface area contributed by atoms with Gasteiger partial charge in [0.25, 0.3) is 0 Å². The van der Waals surface area contributed by atoms with Crippen LogP contribution in [-0.2, 0) is 14.3 Å². The molecule has 0 bridgehead atoms. The van der Waals surface area contributed by atoms with E-state index in [0.29, 0.717) is 19.0 Å². The van der Waals surface area contributed by atoms with Crippen molar-refractivity contribution in [2.24, 2.45) is 5.92 Å². The molecule has 0 heterocycles. The Morgan fingerprint density at radius 3 is 2.32 bits per heavy atom. The number of hydrogen-bond acceptors (Lipinski definition) is 4. The van der Waals surface area contributed by atoms with Crippen LogP contribution in [0.15, 0.2) is 12.2 Å². The van der Waals surface area contributed by atoms with Crippen LogP contribution < -0.4 is 16.0 Å². The molecule has 0 aromatic rings. The normalized spacial score (nSPS) is 14.5. The highest BCUT2D eigenvalue weighted by Crippen LogP contribution is 2.29. The van der Waals surface area contributed by atoms with Crippen LogP contribution in [0.4, 0.5) is 4.79 Å². The lowest BCUT2D eigenvalue weighted by molar-refractivity contribution is -0.120. The summed E-state index contributed by atoms with van der Waals surface area (Å²) >= 11 is 0. The lowest BCUT2D eigenvalue weighted by Gasteiger charge is -2.19. The number of alkyl carbamates (subject to hydrolysis) is 1. The molecule has 0 unspecified atom stereocenters. The van der Waals surface area contributed by atoms with E-state index in [9.17, 15) is 14.4 Å². The molecule has 0 aromatic heterocycles. The van der Waals surface area contributed by atoms with E-state index in [0.717, 1.165) is 12.8 Å². The predicted octanol–water partition coefficient (Wildman–Crippen LogP) is 0.710. The molecule has 7 nitrogen and oxygen atoms in total. The van der Waals surface area contributed by atoms with E-state index in [4.69, 9.17) is 4.74 Å². The Bertz CT molecular complexity index is 437. The van der Waals surface area contributed by atoms with Gasteiger partial charge in [-0.05, 0) is 45.6 Å². The molecular weight excluding hydrogens is 286 g/mol. The molecule has 0 radical (unpaired) electrons. The second-order valence-electron chi connectivity index (χ2n) is 6.19. The van der Waals surface area contributed by atoms with E-state index >= 15 is 0 Å². The van der Waals surface area contributed by atoms with Crippen molar-refractivity contribution in [2.75, 3.05) is 19.6 Å². The molecule has 0 aromatic carbocycles. The molecule has 0 saturated heterocycles. The summed E-state index contributed by atoms with van der Waals surface area (Å²) < 4.78 is 5.00. The van der Waals surface area contributed by atoms with Crippen LogP contribution in [0.2, 0.25) is 0 Å². The third-order valence-electron chi connectivity index (χ3n) is 2.68. The molecule has 1 fully saturated rings. The maximum absolute atomic E-state index is 11.5. The standard InChI is InChI=1S/C15H25N3O4/c1-15(2,3)22-14(21)18-10-13(20)17-9-8-16-12(19)7-6-11-4-5-11/h6-7,11H,4-5,8-10H2,1-3H3,(H,16,19)(H,17,20)(H,18,21)/b7-6+. The van der Waals surface area contributed by atoms with E-state index in [1.165, 1.54) is 6.08 Å². The van der Waals surface area contributed by atoms with Crippen molar-refractivity contribution >= 4 is 17.9 Å². The van der Waals surface area contributed by atoms with Gasteiger partial charge in [-0.2, -0.15) is 0 Å². The van der Waals surface area contributed by atoms with Gasteiger partial charge in [-0.25, -0.2) is 4.79 Å². The Morgan fingerprint density at radius 2 is 1.73 bits per heavy atom. The summed E-state index contributed by atoms with van der Waals surface area (Å²) in [5.74, 6) is 0.0611. The minimum atomic E-state index is -0.638. The smallest absolute Gasteiger partial charge is 0.408 e. The molecule has 0 aliphatic heterocycles. The largest absolute Gasteiger partial charge is 0.444 e. The van der Waals surface area contributed by atoms with Crippen molar-refractivity contribution in [2.45, 2.75) is 39.2 Å². The number of hydrogen-bond donors (Lipinski definition) is 3. The molecule has 1 saturated carbocycles. The fraction of sp³-hybridized carbons (Fsp3) is 0.667. The van der Waals surface area contributed by atoms with Crippen LogP contribution in [0.3, 0.4) is 0 Å². The van der Waals surface area contributed by atoms with Crippen LogP contribution in [0.5, 0.6) is 0 Å². The fourth-order valence-electron chi connectivity index (χ4n) is 1.49. The predicted molar refractivity (Wildman–Crippen MR) is 82.1 cm³/mol. The zero-order chi connectivity index (χ0) is 16.6. The van der Waals surface area contributed by atoms with Gasteiger partial charge in [0.05, 0.1) is 6.54 Å². The zero-order valence-corrected chi connectivity index (χ0v) is 13.4. The van der Waals surface area contributed by atoms with Crippen molar-refractivity contribution in [3.63, 3.8) is 0 Å². The molecular formula is C15H25N3O4. The summed E-state index contributed by atoms with van der Waals surface area (Å²) in [7, 11) is 0. The molecule has 3 amide bonds. The third kappa shape index (κ3) is 9.79. The van der Waals surface area contributed by atoms with Gasteiger partial charge in [0, 0.05) is 13.1 Å². The monoisotopic (exact) mass is 311 g/mol. The van der Waals surface area contributed by atoms with E-state index in [2.05, 4.69) is 16.0 Å². The quantitative estimate of drug-likeness (QED) is 0.476. The van der Waals surface area contributed by atoms with Crippen molar-refractivity contribution in [3.8, 4) is 0 Å². The number of carbonyl (C=O) groups excluding carboxylic acids is 3. The molecule has 124 valence electrons. The van der Waals surface area contributed by atoms with Gasteiger partial charge in [0.15, 0.2) is 0 Å². The van der Waals surface area contributed by atoms with Gasteiger partial charge in [-0.15, -0.1) is 0 Å². The van der Waals surface area contributed by atoms with Gasteiger partial charge in [0.2, 0.25) is 11.8 Å². The first-order valence-corrected chi connectivity index (χ1v) is 7.46. The van der Waals surface area contributed by atoms with E-state index < -0.39 is 11.7 Å². The topological polar surface area (TPSA) is 96.5 Å². The molecule has 1 aliphatic rings. The van der Waals surface area contributed by atoms with Crippen LogP contribution in [0.1, 0.15) is 33.6 Å². The fourth-order valence-corrected chi connectivity index (χ4v) is 1.49. The van der Waals surface area contributed by atoms with Crippen molar-refractivity contribution in [1.29, 1.82) is 0 Å². The lowest BCUT2D eigenvalue weighted by atomic mass is 10.2. The number of ether oxygens (including phenoxy) is 1. The number of amides is 3. The molecule has 0 spiro atoms. The second-order valence-corrected chi connectivity index (χ2v) is 6.19. The van der Waals surface area contributed by atoms with Gasteiger partial charge < -0.3 is 20.7 Å². The van der Waals surface area contributed by atoms with E-state index in [1.807, 2.05) is 6.08 Å². The SMILES string of the molecule is CC(C)(C)OC(=O)NCC(=O)NCCNC(=O)/C=C/C1CC1. The Morgan fingerprint density at radius 1 is 1.09 bits per heavy atom. The maximum atomic E-state index is 11.5. The Kier molecular flexibility index (Phi) is 6.88. The van der Waals surface area contributed by atoms with E-state index in [-0.39, 0.29) is 18.4 Å². The average Bonchev–Trinajstić information content (AvgIpc) is 3.21. The van der Waals surface area contributed by atoms with Crippen LogP contribution in [0, 0.1) is 5.92 Å². The maximum Gasteiger partial charge on any atom is 0.408 e. The van der Waals surface area contributed by atoms with Crippen LogP contribution >= 0.6 is 0 Å². The minimum absolute atomic E-state index is 0.159. The molecule has 3 N–H and O–H groups in total. The number of carbonyl (C=O) groups is 3. The molecule has 1 rings (SSSR count). The Hall–Kier alpha value is -2.05. The number of allylic oxidation sites excluding steroid dienone is 1. The highest BCUT2D eigenvalue weighted by atomic mass is 16.6. The van der Waals surface area contributed by atoms with Crippen molar-refractivity contribution < 1.29 is 19.1 Å². The summed E-state index contributed by atoms with van der Waals surface area (Å²) in [6.45, 7) is 5.71. The van der Waals surface area contributed by atoms with Crippen molar-refractivity contribution in [3.05, 3.63) is 12.2 Å². The summed E-state index contributed by atoms with van der Waals surface area (Å²) in [6, 6.07) is 0. The van der Waals surface area contributed by atoms with Crippen LogP contribution in [-0.4, -0.2) is 43.1 Å². The first-order chi connectivity index (χ1) is 10.3. The summed E-state index contributed by atoms with van der Waals surface area (Å²) in [5, 5.41) is 7.61. The first-order valence-electron chi connectivity index (χ1n) is 7.46. The summed E-state index contributed by atoms with van der Waals surface area (Å²) in [4.78, 5) is 34.2.